The van der Waals surface area contributed by atoms with Crippen molar-refractivity contribution in [1.29, 1.82) is 0 Å². The summed E-state index contributed by atoms with van der Waals surface area (Å²) < 4.78 is 1.67. The molecule has 0 aliphatic heterocycles. The van der Waals surface area contributed by atoms with Crippen molar-refractivity contribution in [3.05, 3.63) is 6.20 Å². The van der Waals surface area contributed by atoms with E-state index in [1.165, 1.54) is 0 Å². The lowest BCUT2D eigenvalue weighted by atomic mass is 10.4. The lowest BCUT2D eigenvalue weighted by molar-refractivity contribution is 0.618. The first-order valence-electron chi connectivity index (χ1n) is 3.47. The number of nitrogens with zero attached hydrogens (tertiary/aromatic N) is 2. The van der Waals surface area contributed by atoms with Gasteiger partial charge in [-0.2, -0.15) is 5.10 Å². The maximum atomic E-state index is 5.59. The van der Waals surface area contributed by atoms with E-state index in [4.69, 9.17) is 11.5 Å². The molecule has 11 heavy (non-hydrogen) atoms. The minimum atomic E-state index is 0.542. The molecule has 0 aliphatic carbocycles. The molecular weight excluding hydrogens is 141 g/mol. The monoisotopic (exact) mass is 153 g/mol. The van der Waals surface area contributed by atoms with Gasteiger partial charge in [-0.1, -0.05) is 0 Å². The van der Waals surface area contributed by atoms with Crippen molar-refractivity contribution in [3.8, 4) is 0 Å². The minimum absolute atomic E-state index is 0.542. The molecule has 6 heteroatoms. The van der Waals surface area contributed by atoms with Crippen molar-refractivity contribution in [1.82, 2.24) is 15.0 Å². The number of nitrogen functional groups attached to an aromatic ring is 2. The first-order valence-corrected chi connectivity index (χ1v) is 3.47. The summed E-state index contributed by atoms with van der Waals surface area (Å²) in [4.78, 5) is 0. The van der Waals surface area contributed by atoms with Gasteiger partial charge in [0.05, 0.1) is 18.4 Å². The van der Waals surface area contributed by atoms with E-state index < -0.39 is 0 Å². The quantitative estimate of drug-likeness (QED) is 0.447. The number of anilines is 2. The molecule has 0 aliphatic rings. The van der Waals surface area contributed by atoms with E-state index in [0.717, 1.165) is 13.1 Å². The summed E-state index contributed by atoms with van der Waals surface area (Å²) in [6, 6.07) is 0. The topological polar surface area (TPSA) is 81.9 Å². The summed E-state index contributed by atoms with van der Waals surface area (Å²) in [5.74, 6) is 0.542. The van der Waals surface area contributed by atoms with Gasteiger partial charge in [-0.25, -0.2) is 4.68 Å². The molecule has 0 bridgehead atoms. The van der Waals surface area contributed by atoms with Crippen LogP contribution in [0.25, 0.3) is 0 Å². The van der Waals surface area contributed by atoms with Crippen molar-refractivity contribution < 1.29 is 0 Å². The second kappa shape index (κ2) is 3.29. The van der Waals surface area contributed by atoms with Crippen molar-refractivity contribution in [2.75, 3.05) is 18.0 Å². The van der Waals surface area contributed by atoms with Gasteiger partial charge in [0.25, 0.3) is 0 Å². The molecule has 5 nitrogen and oxygen atoms in total. The van der Waals surface area contributed by atoms with Gasteiger partial charge < -0.3 is 16.7 Å². The zero-order valence-corrected chi connectivity index (χ0v) is 6.54. The fraction of sp³-hybridized carbons (Fsp3) is 0.400. The smallest absolute Gasteiger partial charge is 0.182 e. The largest absolute Gasteiger partial charge is 0.394 e. The third-order valence-electron chi connectivity index (χ3n) is 1.48. The average molecular weight is 153 g/mol. The highest BCUT2D eigenvalue weighted by molar-refractivity contribution is 6.04. The maximum absolute atomic E-state index is 5.59. The number of nitrogens with two attached hydrogens (primary N) is 2. The number of hydrogen-bond acceptors (Lipinski definition) is 4. The average Bonchev–Trinajstić information content (AvgIpc) is 2.31. The van der Waals surface area contributed by atoms with E-state index >= 15 is 0 Å². The number of rotatable bonds is 3. The van der Waals surface area contributed by atoms with Crippen molar-refractivity contribution >= 4 is 19.5 Å². The summed E-state index contributed by atoms with van der Waals surface area (Å²) in [6.45, 7) is 1.59. The number of hydrogen-bond donors (Lipinski definition) is 3. The summed E-state index contributed by atoms with van der Waals surface area (Å²) in [5.41, 5.74) is 11.6. The summed E-state index contributed by atoms with van der Waals surface area (Å²) in [7, 11) is 1.88. The van der Waals surface area contributed by atoms with Gasteiger partial charge in [-0.3, -0.25) is 0 Å². The third kappa shape index (κ3) is 1.65. The lowest BCUT2D eigenvalue weighted by Gasteiger charge is -2.02. The van der Waals surface area contributed by atoms with Crippen LogP contribution < -0.4 is 16.7 Å². The predicted octanol–water partition coefficient (Wildman–Crippen LogP) is -1.81. The van der Waals surface area contributed by atoms with Crippen LogP contribution in [0.2, 0.25) is 0 Å². The molecule has 0 radical (unpaired) electrons. The number of nitrogens with one attached hydrogen (secondary N) is 1. The van der Waals surface area contributed by atoms with E-state index in [1.807, 2.05) is 7.98 Å². The van der Waals surface area contributed by atoms with Gasteiger partial charge >= 0.3 is 0 Å². The van der Waals surface area contributed by atoms with Crippen LogP contribution in [-0.2, 0) is 6.54 Å². The van der Waals surface area contributed by atoms with Crippen LogP contribution in [0.1, 0.15) is 0 Å². The van der Waals surface area contributed by atoms with E-state index in [2.05, 4.69) is 10.3 Å². The van der Waals surface area contributed by atoms with Gasteiger partial charge in [-0.05, 0) is 0 Å². The van der Waals surface area contributed by atoms with Crippen LogP contribution in [0.5, 0.6) is 0 Å². The summed E-state index contributed by atoms with van der Waals surface area (Å²) in [6.07, 6.45) is 1.56. The Kier molecular flexibility index (Phi) is 2.38. The Balaban J connectivity index is 2.63. The molecule has 1 rings (SSSR count). The molecule has 0 spiro atoms. The van der Waals surface area contributed by atoms with Gasteiger partial charge in [0, 0.05) is 6.54 Å². The van der Waals surface area contributed by atoms with Crippen LogP contribution in [-0.4, -0.2) is 24.3 Å². The fourth-order valence-electron chi connectivity index (χ4n) is 0.805. The Bertz CT molecular complexity index is 233. The zero-order chi connectivity index (χ0) is 8.27. The highest BCUT2D eigenvalue weighted by Crippen LogP contribution is 2.11. The first-order chi connectivity index (χ1) is 5.25. The minimum Gasteiger partial charge on any atom is -0.394 e. The molecule has 60 valence electrons. The molecule has 0 saturated heterocycles. The highest BCUT2D eigenvalue weighted by atomic mass is 15.3. The SMILES string of the molecule is BNCCn1ncc(N)c1N. The molecular formula is C5H12BN5. The van der Waals surface area contributed by atoms with Crippen molar-refractivity contribution in [2.45, 2.75) is 6.54 Å². The Morgan fingerprint density at radius 3 is 2.82 bits per heavy atom. The van der Waals surface area contributed by atoms with E-state index in [0.29, 0.717) is 11.5 Å². The Morgan fingerprint density at radius 1 is 1.64 bits per heavy atom. The van der Waals surface area contributed by atoms with E-state index in [1.54, 1.807) is 10.9 Å². The molecule has 0 atom stereocenters. The van der Waals surface area contributed by atoms with E-state index in [-0.39, 0.29) is 0 Å². The van der Waals surface area contributed by atoms with E-state index in [9.17, 15) is 0 Å². The molecule has 0 amide bonds. The fourth-order valence-corrected chi connectivity index (χ4v) is 0.805. The van der Waals surface area contributed by atoms with Gasteiger partial charge in [0.15, 0.2) is 7.98 Å². The van der Waals surface area contributed by atoms with Gasteiger partial charge in [0.2, 0.25) is 0 Å². The first kappa shape index (κ1) is 7.94. The third-order valence-corrected chi connectivity index (χ3v) is 1.48. The van der Waals surface area contributed by atoms with Crippen LogP contribution in [0.15, 0.2) is 6.20 Å². The van der Waals surface area contributed by atoms with Crippen LogP contribution in [0, 0.1) is 0 Å². The van der Waals surface area contributed by atoms with Gasteiger partial charge in [0.1, 0.15) is 5.82 Å². The van der Waals surface area contributed by atoms with Crippen LogP contribution in [0.4, 0.5) is 11.5 Å². The van der Waals surface area contributed by atoms with Crippen molar-refractivity contribution in [3.63, 3.8) is 0 Å². The highest BCUT2D eigenvalue weighted by Gasteiger charge is 2.01. The normalized spacial score (nSPS) is 10.2. The standard InChI is InChI=1S/C5H12BN5/c6-9-1-2-11-5(8)4(7)3-10-11/h3,9H,1-2,6-8H2. The van der Waals surface area contributed by atoms with Gasteiger partial charge in [-0.15, -0.1) is 0 Å². The second-order valence-corrected chi connectivity index (χ2v) is 2.31. The molecule has 1 aromatic heterocycles. The Hall–Kier alpha value is -1.17. The zero-order valence-electron chi connectivity index (χ0n) is 6.54. The second-order valence-electron chi connectivity index (χ2n) is 2.31. The Morgan fingerprint density at radius 2 is 2.36 bits per heavy atom. The summed E-state index contributed by atoms with van der Waals surface area (Å²) in [5, 5.41) is 6.97. The Labute approximate surface area is 66.2 Å². The lowest BCUT2D eigenvalue weighted by Crippen LogP contribution is -2.18. The molecule has 0 saturated carbocycles. The molecule has 5 N–H and O–H groups in total. The van der Waals surface area contributed by atoms with Crippen LogP contribution in [0.3, 0.4) is 0 Å². The molecule has 1 heterocycles. The predicted molar refractivity (Wildman–Crippen MR) is 47.6 cm³/mol. The maximum Gasteiger partial charge on any atom is 0.182 e. The molecule has 0 fully saturated rings. The molecule has 0 unspecified atom stereocenters. The summed E-state index contributed by atoms with van der Waals surface area (Å²) >= 11 is 0. The molecule has 0 aromatic carbocycles. The van der Waals surface area contributed by atoms with Crippen LogP contribution >= 0.6 is 0 Å². The number of aromatic nitrogens is 2. The molecule has 1 aromatic rings. The van der Waals surface area contributed by atoms with Crippen molar-refractivity contribution in [2.24, 2.45) is 0 Å².